The zero-order valence-corrected chi connectivity index (χ0v) is 21.1. The smallest absolute Gasteiger partial charge is 0.251 e. The van der Waals surface area contributed by atoms with Crippen molar-refractivity contribution in [3.63, 3.8) is 0 Å². The second-order valence-electron chi connectivity index (χ2n) is 8.91. The van der Waals surface area contributed by atoms with Crippen LogP contribution < -0.4 is 10.6 Å². The van der Waals surface area contributed by atoms with Crippen molar-refractivity contribution in [2.75, 3.05) is 13.1 Å². The predicted octanol–water partition coefficient (Wildman–Crippen LogP) is 6.32. The molecule has 0 bridgehead atoms. The monoisotopic (exact) mass is 466 g/mol. The van der Waals surface area contributed by atoms with Crippen molar-refractivity contribution in [2.45, 2.75) is 90.9 Å². The molecule has 0 atom stereocenters. The van der Waals surface area contributed by atoms with Crippen molar-refractivity contribution in [3.05, 3.63) is 47.8 Å². The number of carbonyl (C=O) groups excluding carboxylic acids is 2. The van der Waals surface area contributed by atoms with Gasteiger partial charge in [-0.2, -0.15) is 0 Å². The van der Waals surface area contributed by atoms with E-state index in [-0.39, 0.29) is 11.8 Å². The summed E-state index contributed by atoms with van der Waals surface area (Å²) in [5.41, 5.74) is 2.27. The first-order chi connectivity index (χ1) is 16.7. The lowest BCUT2D eigenvalue weighted by molar-refractivity contribution is 0.0944. The molecule has 0 aliphatic heterocycles. The molecule has 186 valence electrons. The Hall–Kier alpha value is -2.76. The SMILES string of the molecule is CCCCCCCCNC(=O)c1ccnc(-c2cc(C(=O)NCCCCCCCC)ccn2)c1. The second kappa shape index (κ2) is 16.8. The molecule has 2 amide bonds. The number of hydrogen-bond acceptors (Lipinski definition) is 4. The first kappa shape index (κ1) is 27.5. The van der Waals surface area contributed by atoms with E-state index in [0.717, 1.165) is 25.7 Å². The quantitative estimate of drug-likeness (QED) is 0.267. The summed E-state index contributed by atoms with van der Waals surface area (Å²) in [6.07, 6.45) is 17.5. The van der Waals surface area contributed by atoms with Gasteiger partial charge in [-0.1, -0.05) is 78.1 Å². The number of amides is 2. The Morgan fingerprint density at radius 3 is 1.41 bits per heavy atom. The van der Waals surface area contributed by atoms with Gasteiger partial charge in [0.05, 0.1) is 11.4 Å². The lowest BCUT2D eigenvalue weighted by atomic mass is 10.1. The van der Waals surface area contributed by atoms with Crippen LogP contribution in [0.25, 0.3) is 11.4 Å². The highest BCUT2D eigenvalue weighted by Gasteiger charge is 2.11. The molecule has 0 aliphatic carbocycles. The van der Waals surface area contributed by atoms with Gasteiger partial charge in [0.2, 0.25) is 0 Å². The molecule has 34 heavy (non-hydrogen) atoms. The molecule has 6 heteroatoms. The van der Waals surface area contributed by atoms with E-state index in [1.807, 2.05) is 0 Å². The normalized spacial score (nSPS) is 10.8. The van der Waals surface area contributed by atoms with Gasteiger partial charge in [-0.15, -0.1) is 0 Å². The summed E-state index contributed by atoms with van der Waals surface area (Å²) in [5, 5.41) is 5.98. The topological polar surface area (TPSA) is 84.0 Å². The van der Waals surface area contributed by atoms with E-state index in [1.165, 1.54) is 51.4 Å². The maximum Gasteiger partial charge on any atom is 0.251 e. The second-order valence-corrected chi connectivity index (χ2v) is 8.91. The largest absolute Gasteiger partial charge is 0.352 e. The third-order valence-corrected chi connectivity index (χ3v) is 5.94. The maximum atomic E-state index is 12.5. The molecule has 2 aromatic heterocycles. The molecule has 0 spiro atoms. The van der Waals surface area contributed by atoms with Crippen LogP contribution in [0.5, 0.6) is 0 Å². The molecule has 0 aliphatic rings. The predicted molar refractivity (Wildman–Crippen MR) is 139 cm³/mol. The third kappa shape index (κ3) is 10.4. The van der Waals surface area contributed by atoms with E-state index < -0.39 is 0 Å². The Labute approximate surface area is 205 Å². The Kier molecular flexibility index (Phi) is 13.6. The van der Waals surface area contributed by atoms with Crippen LogP contribution in [0.4, 0.5) is 0 Å². The van der Waals surface area contributed by atoms with Crippen LogP contribution in [-0.4, -0.2) is 34.9 Å². The highest BCUT2D eigenvalue weighted by atomic mass is 16.2. The van der Waals surface area contributed by atoms with Crippen molar-refractivity contribution < 1.29 is 9.59 Å². The van der Waals surface area contributed by atoms with Crippen LogP contribution >= 0.6 is 0 Å². The summed E-state index contributed by atoms with van der Waals surface area (Å²) >= 11 is 0. The molecule has 0 radical (unpaired) electrons. The van der Waals surface area contributed by atoms with E-state index >= 15 is 0 Å². The molecule has 0 saturated heterocycles. The van der Waals surface area contributed by atoms with Gasteiger partial charge in [0.15, 0.2) is 0 Å². The van der Waals surface area contributed by atoms with E-state index in [1.54, 1.807) is 36.7 Å². The van der Waals surface area contributed by atoms with Gasteiger partial charge in [0, 0.05) is 36.6 Å². The minimum Gasteiger partial charge on any atom is -0.352 e. The van der Waals surface area contributed by atoms with Crippen molar-refractivity contribution in [2.24, 2.45) is 0 Å². The van der Waals surface area contributed by atoms with E-state index in [2.05, 4.69) is 34.4 Å². The third-order valence-electron chi connectivity index (χ3n) is 5.94. The summed E-state index contributed by atoms with van der Waals surface area (Å²) in [7, 11) is 0. The van der Waals surface area contributed by atoms with Crippen LogP contribution in [0.15, 0.2) is 36.7 Å². The molecule has 2 heterocycles. The number of nitrogens with one attached hydrogen (secondary N) is 2. The molecule has 0 aromatic carbocycles. The van der Waals surface area contributed by atoms with Gasteiger partial charge in [0.25, 0.3) is 11.8 Å². The summed E-state index contributed by atoms with van der Waals surface area (Å²) in [4.78, 5) is 33.8. The fourth-order valence-electron chi connectivity index (χ4n) is 3.84. The van der Waals surface area contributed by atoms with Crippen molar-refractivity contribution in [1.29, 1.82) is 0 Å². The Balaban J connectivity index is 1.84. The molecule has 0 unspecified atom stereocenters. The number of carbonyl (C=O) groups is 2. The molecular formula is C28H42N4O2. The van der Waals surface area contributed by atoms with Crippen LogP contribution in [-0.2, 0) is 0 Å². The number of aromatic nitrogens is 2. The molecule has 2 aromatic rings. The average molecular weight is 467 g/mol. The van der Waals surface area contributed by atoms with Crippen molar-refractivity contribution >= 4 is 11.8 Å². The van der Waals surface area contributed by atoms with Crippen molar-refractivity contribution in [3.8, 4) is 11.4 Å². The molecule has 6 nitrogen and oxygen atoms in total. The van der Waals surface area contributed by atoms with E-state index in [9.17, 15) is 9.59 Å². The van der Waals surface area contributed by atoms with E-state index in [4.69, 9.17) is 0 Å². The standard InChI is InChI=1S/C28H42N4O2/c1-3-5-7-9-11-13-17-31-27(33)23-15-19-29-25(21-23)26-22-24(16-20-30-26)28(34)32-18-14-12-10-8-6-4-2/h15-16,19-22H,3-14,17-18H2,1-2H3,(H,31,33)(H,32,34). The van der Waals surface area contributed by atoms with Gasteiger partial charge in [-0.05, 0) is 37.1 Å². The zero-order valence-electron chi connectivity index (χ0n) is 21.1. The lowest BCUT2D eigenvalue weighted by Crippen LogP contribution is -2.24. The highest BCUT2D eigenvalue weighted by molar-refractivity contribution is 5.96. The number of unbranched alkanes of at least 4 members (excludes halogenated alkanes) is 10. The highest BCUT2D eigenvalue weighted by Crippen LogP contribution is 2.17. The van der Waals surface area contributed by atoms with Gasteiger partial charge >= 0.3 is 0 Å². The first-order valence-electron chi connectivity index (χ1n) is 13.1. The average Bonchev–Trinajstić information content (AvgIpc) is 2.87. The molecular weight excluding hydrogens is 424 g/mol. The minimum atomic E-state index is -0.106. The summed E-state index contributed by atoms with van der Waals surface area (Å²) in [6.45, 7) is 5.77. The van der Waals surface area contributed by atoms with Gasteiger partial charge in [-0.3, -0.25) is 19.6 Å². The van der Waals surface area contributed by atoms with Crippen LogP contribution in [0.2, 0.25) is 0 Å². The summed E-state index contributed by atoms with van der Waals surface area (Å²) in [5.74, 6) is -0.213. The fourth-order valence-corrected chi connectivity index (χ4v) is 3.84. The fraction of sp³-hybridized carbons (Fsp3) is 0.571. The number of pyridine rings is 2. The summed E-state index contributed by atoms with van der Waals surface area (Å²) in [6, 6.07) is 6.88. The van der Waals surface area contributed by atoms with E-state index in [0.29, 0.717) is 35.6 Å². The Morgan fingerprint density at radius 2 is 1.00 bits per heavy atom. The van der Waals surface area contributed by atoms with Gasteiger partial charge < -0.3 is 10.6 Å². The van der Waals surface area contributed by atoms with Crippen LogP contribution in [0.1, 0.15) is 112 Å². The number of rotatable bonds is 17. The maximum absolute atomic E-state index is 12.5. The lowest BCUT2D eigenvalue weighted by Gasteiger charge is -2.08. The molecule has 0 fully saturated rings. The molecule has 0 saturated carbocycles. The summed E-state index contributed by atoms with van der Waals surface area (Å²) < 4.78 is 0. The van der Waals surface area contributed by atoms with Crippen LogP contribution in [0, 0.1) is 0 Å². The number of nitrogens with zero attached hydrogens (tertiary/aromatic N) is 2. The zero-order chi connectivity index (χ0) is 24.4. The van der Waals surface area contributed by atoms with Gasteiger partial charge in [0.1, 0.15) is 0 Å². The Bertz CT molecular complexity index is 797. The van der Waals surface area contributed by atoms with Crippen LogP contribution in [0.3, 0.4) is 0 Å². The van der Waals surface area contributed by atoms with Crippen molar-refractivity contribution in [1.82, 2.24) is 20.6 Å². The molecule has 2 N–H and O–H groups in total. The molecule has 2 rings (SSSR count). The first-order valence-corrected chi connectivity index (χ1v) is 13.1. The minimum absolute atomic E-state index is 0.106. The Morgan fingerprint density at radius 1 is 0.618 bits per heavy atom. The number of hydrogen-bond donors (Lipinski definition) is 2. The van der Waals surface area contributed by atoms with Gasteiger partial charge in [-0.25, -0.2) is 0 Å².